The molecule has 1 saturated carbocycles. The van der Waals surface area contributed by atoms with Crippen LogP contribution < -0.4 is 5.32 Å². The predicted molar refractivity (Wildman–Crippen MR) is 108 cm³/mol. The summed E-state index contributed by atoms with van der Waals surface area (Å²) in [5.41, 5.74) is 0. The lowest BCUT2D eigenvalue weighted by Crippen LogP contribution is -2.54. The lowest BCUT2D eigenvalue weighted by molar-refractivity contribution is -0.197. The number of likely N-dealkylation sites (tertiary alicyclic amines) is 1. The molecule has 6 heteroatoms. The molecule has 2 heterocycles. The first kappa shape index (κ1) is 22.6. The fraction of sp³-hybridized carbons (Fsp3) is 0.800. The maximum atomic E-state index is 11.3. The third-order valence-corrected chi connectivity index (χ3v) is 5.10. The van der Waals surface area contributed by atoms with E-state index in [9.17, 15) is 4.79 Å². The highest BCUT2D eigenvalue weighted by Gasteiger charge is 2.39. The Kier molecular flexibility index (Phi) is 12.0. The molecule has 3 atom stereocenters. The molecule has 0 aromatic rings. The zero-order chi connectivity index (χ0) is 19.2. The molecule has 0 spiro atoms. The van der Waals surface area contributed by atoms with E-state index in [1.165, 1.54) is 32.1 Å². The number of nitrogens with one attached hydrogen (secondary N) is 1. The van der Waals surface area contributed by atoms with Crippen molar-refractivity contribution in [1.82, 2.24) is 15.3 Å². The van der Waals surface area contributed by atoms with Crippen molar-refractivity contribution in [3.63, 3.8) is 0 Å². The van der Waals surface area contributed by atoms with Gasteiger partial charge in [-0.05, 0) is 31.7 Å². The Morgan fingerprint density at radius 1 is 1.31 bits per heavy atom. The molecule has 2 unspecified atom stereocenters. The number of piperidine rings is 1. The molecule has 1 aliphatic carbocycles. The first-order valence-corrected chi connectivity index (χ1v) is 10.1. The van der Waals surface area contributed by atoms with Crippen molar-refractivity contribution in [1.29, 1.82) is 0 Å². The Morgan fingerprint density at radius 3 is 2.65 bits per heavy atom. The second-order valence-electron chi connectivity index (χ2n) is 6.89. The van der Waals surface area contributed by atoms with Gasteiger partial charge < -0.3 is 10.2 Å². The fourth-order valence-corrected chi connectivity index (χ4v) is 4.01. The Labute approximate surface area is 159 Å². The minimum Gasteiger partial charge on any atom is -0.375 e. The largest absolute Gasteiger partial charge is 0.375 e. The van der Waals surface area contributed by atoms with Gasteiger partial charge in [-0.1, -0.05) is 39.2 Å². The summed E-state index contributed by atoms with van der Waals surface area (Å²) >= 11 is 0. The molecule has 1 saturated heterocycles. The van der Waals surface area contributed by atoms with Gasteiger partial charge in [0, 0.05) is 19.6 Å². The highest BCUT2D eigenvalue weighted by molar-refractivity contribution is 5.56. The Morgan fingerprint density at radius 2 is 2.08 bits per heavy atom. The van der Waals surface area contributed by atoms with Crippen LogP contribution in [-0.2, 0) is 9.63 Å². The van der Waals surface area contributed by atoms with Gasteiger partial charge in [0.1, 0.15) is 0 Å². The van der Waals surface area contributed by atoms with E-state index >= 15 is 0 Å². The smallest absolute Gasteiger partial charge is 0.233 e. The fourth-order valence-electron chi connectivity index (χ4n) is 4.01. The van der Waals surface area contributed by atoms with Crippen molar-refractivity contribution < 1.29 is 9.63 Å². The summed E-state index contributed by atoms with van der Waals surface area (Å²) in [6, 6.07) is 0.194. The standard InChI is InChI=1S/C15H26N2O2.C3H6N2.C2H6/c1-3-9-19-17(12-18)15-11-16(2)10-13-7-5-4-6-8-14(13)15;1-2-5-3-4-1;1-2/h3,12-15H,1,4-11H2,2H3;3H,1-2H2,(H,4,5);1-2H3/t13?,14?,15-;;/m0../s1. The number of likely N-dealkylation sites (N-methyl/N-ethyl adjacent to an activating group) is 1. The first-order valence-electron chi connectivity index (χ1n) is 10.1. The molecule has 2 fully saturated rings. The summed E-state index contributed by atoms with van der Waals surface area (Å²) in [4.78, 5) is 23.0. The number of nitrogens with zero attached hydrogens (tertiary/aromatic N) is 3. The SMILES string of the molecule is C1=NCCN1.C=CCON(C=O)[C@H]1CN(C)CC2CCCCCC21.CC. The molecule has 0 aromatic heterocycles. The summed E-state index contributed by atoms with van der Waals surface area (Å²) in [5.74, 6) is 1.30. The molecule has 1 N–H and O–H groups in total. The van der Waals surface area contributed by atoms with Gasteiger partial charge in [0.05, 0.1) is 25.5 Å². The van der Waals surface area contributed by atoms with Crippen molar-refractivity contribution in [3.05, 3.63) is 12.7 Å². The van der Waals surface area contributed by atoms with E-state index in [1.807, 2.05) is 13.8 Å². The average Bonchev–Trinajstić information content (AvgIpc) is 3.17. The van der Waals surface area contributed by atoms with Gasteiger partial charge in [0.2, 0.25) is 6.41 Å². The molecule has 3 aliphatic rings. The van der Waals surface area contributed by atoms with Crippen LogP contribution in [0.15, 0.2) is 17.6 Å². The monoisotopic (exact) mass is 366 g/mol. The summed E-state index contributed by atoms with van der Waals surface area (Å²) < 4.78 is 0. The lowest BCUT2D eigenvalue weighted by atomic mass is 9.79. The van der Waals surface area contributed by atoms with Crippen LogP contribution in [0.4, 0.5) is 0 Å². The molecule has 0 aromatic carbocycles. The van der Waals surface area contributed by atoms with Gasteiger partial charge in [-0.15, -0.1) is 6.58 Å². The normalized spacial score (nSPS) is 27.4. The maximum absolute atomic E-state index is 11.3. The van der Waals surface area contributed by atoms with Gasteiger partial charge in [0.15, 0.2) is 0 Å². The molecular formula is C20H38N4O2. The van der Waals surface area contributed by atoms with Crippen LogP contribution in [0.1, 0.15) is 46.0 Å². The van der Waals surface area contributed by atoms with Crippen molar-refractivity contribution in [2.75, 3.05) is 39.8 Å². The van der Waals surface area contributed by atoms with E-state index in [-0.39, 0.29) is 6.04 Å². The van der Waals surface area contributed by atoms with E-state index < -0.39 is 0 Å². The third kappa shape index (κ3) is 7.46. The Bertz CT molecular complexity index is 411. The predicted octanol–water partition coefficient (Wildman–Crippen LogP) is 2.72. The van der Waals surface area contributed by atoms with Crippen LogP contribution >= 0.6 is 0 Å². The number of aliphatic imine (C=N–C) groups is 1. The molecule has 1 amide bonds. The Hall–Kier alpha value is -1.40. The topological polar surface area (TPSA) is 57.2 Å². The average molecular weight is 367 g/mol. The van der Waals surface area contributed by atoms with Crippen LogP contribution in [0, 0.1) is 11.8 Å². The molecule has 6 nitrogen and oxygen atoms in total. The van der Waals surface area contributed by atoms with E-state index in [0.29, 0.717) is 18.4 Å². The summed E-state index contributed by atoms with van der Waals surface area (Å²) in [5, 5.41) is 4.47. The van der Waals surface area contributed by atoms with Gasteiger partial charge in [-0.25, -0.2) is 5.06 Å². The second kappa shape index (κ2) is 13.8. The lowest BCUT2D eigenvalue weighted by Gasteiger charge is -2.44. The van der Waals surface area contributed by atoms with Crippen LogP contribution in [-0.4, -0.2) is 68.6 Å². The molecule has 26 heavy (non-hydrogen) atoms. The van der Waals surface area contributed by atoms with Crippen LogP contribution in [0.5, 0.6) is 0 Å². The maximum Gasteiger partial charge on any atom is 0.233 e. The van der Waals surface area contributed by atoms with Crippen LogP contribution in [0.3, 0.4) is 0 Å². The number of hydrogen-bond donors (Lipinski definition) is 1. The molecule has 150 valence electrons. The van der Waals surface area contributed by atoms with Crippen molar-refractivity contribution in [3.8, 4) is 0 Å². The van der Waals surface area contributed by atoms with Crippen molar-refractivity contribution in [2.45, 2.75) is 52.0 Å². The summed E-state index contributed by atoms with van der Waals surface area (Å²) in [6.45, 7) is 12.1. The van der Waals surface area contributed by atoms with Gasteiger partial charge in [0.25, 0.3) is 0 Å². The number of carbonyl (C=O) groups is 1. The molecule has 0 bridgehead atoms. The highest BCUT2D eigenvalue weighted by atomic mass is 16.7. The number of hydroxylamine groups is 2. The molecule has 2 aliphatic heterocycles. The quantitative estimate of drug-likeness (QED) is 0.462. The van der Waals surface area contributed by atoms with E-state index in [0.717, 1.165) is 32.6 Å². The van der Waals surface area contributed by atoms with Crippen molar-refractivity contribution in [2.24, 2.45) is 16.8 Å². The number of carbonyl (C=O) groups excluding carboxylic acids is 1. The third-order valence-electron chi connectivity index (χ3n) is 5.10. The van der Waals surface area contributed by atoms with Gasteiger partial charge in [-0.2, -0.15) is 0 Å². The van der Waals surface area contributed by atoms with Crippen molar-refractivity contribution >= 4 is 12.7 Å². The van der Waals surface area contributed by atoms with Crippen LogP contribution in [0.25, 0.3) is 0 Å². The van der Waals surface area contributed by atoms with E-state index in [2.05, 4.69) is 28.8 Å². The first-order chi connectivity index (χ1) is 12.8. The summed E-state index contributed by atoms with van der Waals surface area (Å²) in [6.07, 6.45) is 10.7. The molecule has 0 radical (unpaired) electrons. The van der Waals surface area contributed by atoms with E-state index in [4.69, 9.17) is 4.84 Å². The van der Waals surface area contributed by atoms with E-state index in [1.54, 1.807) is 17.5 Å². The zero-order valence-electron chi connectivity index (χ0n) is 16.9. The minimum absolute atomic E-state index is 0.194. The summed E-state index contributed by atoms with van der Waals surface area (Å²) in [7, 11) is 2.14. The second-order valence-corrected chi connectivity index (χ2v) is 6.89. The highest BCUT2D eigenvalue weighted by Crippen LogP contribution is 2.36. The Balaban J connectivity index is 0.000000408. The number of fused-ring (bicyclic) bond motifs is 1. The zero-order valence-corrected chi connectivity index (χ0v) is 16.9. The number of hydrogen-bond acceptors (Lipinski definition) is 5. The number of amides is 1. The minimum atomic E-state index is 0.194. The molecular weight excluding hydrogens is 328 g/mol. The van der Waals surface area contributed by atoms with Gasteiger partial charge >= 0.3 is 0 Å². The van der Waals surface area contributed by atoms with Crippen LogP contribution in [0.2, 0.25) is 0 Å². The number of rotatable bonds is 5. The molecule has 3 rings (SSSR count). The van der Waals surface area contributed by atoms with Gasteiger partial charge in [-0.3, -0.25) is 14.6 Å².